The molecule has 3 rings (SSSR count). The van der Waals surface area contributed by atoms with Gasteiger partial charge in [0, 0.05) is 0 Å². The number of rotatable bonds is 5. The van der Waals surface area contributed by atoms with Crippen LogP contribution in [0.25, 0.3) is 0 Å². The van der Waals surface area contributed by atoms with Crippen molar-refractivity contribution in [2.24, 2.45) is 5.92 Å². The number of ether oxygens (including phenoxy) is 2. The van der Waals surface area contributed by atoms with Gasteiger partial charge in [0.1, 0.15) is 19.3 Å². The molecule has 2 aliphatic rings. The van der Waals surface area contributed by atoms with Gasteiger partial charge in [-0.25, -0.2) is 4.79 Å². The van der Waals surface area contributed by atoms with Crippen LogP contribution >= 0.6 is 0 Å². The number of benzene rings is 1. The molecule has 1 atom stereocenters. The predicted molar refractivity (Wildman–Crippen MR) is 73.7 cm³/mol. The maximum atomic E-state index is 12.3. The van der Waals surface area contributed by atoms with Crippen molar-refractivity contribution in [3.8, 4) is 11.5 Å². The summed E-state index contributed by atoms with van der Waals surface area (Å²) in [4.78, 5) is 23.6. The summed E-state index contributed by atoms with van der Waals surface area (Å²) in [7, 11) is 0. The van der Waals surface area contributed by atoms with E-state index in [4.69, 9.17) is 9.47 Å². The van der Waals surface area contributed by atoms with Crippen LogP contribution in [0.1, 0.15) is 29.6 Å². The highest BCUT2D eigenvalue weighted by Gasteiger charge is 2.31. The van der Waals surface area contributed by atoms with E-state index >= 15 is 0 Å². The van der Waals surface area contributed by atoms with Gasteiger partial charge in [-0.2, -0.15) is 0 Å². The monoisotopic (exact) mass is 291 g/mol. The van der Waals surface area contributed by atoms with Crippen molar-refractivity contribution < 1.29 is 24.2 Å². The van der Waals surface area contributed by atoms with Gasteiger partial charge in [0.25, 0.3) is 5.91 Å². The van der Waals surface area contributed by atoms with Crippen molar-refractivity contribution >= 4 is 11.9 Å². The van der Waals surface area contributed by atoms with Crippen LogP contribution in [0.5, 0.6) is 11.5 Å². The van der Waals surface area contributed by atoms with E-state index in [-0.39, 0.29) is 0 Å². The molecule has 0 radical (unpaired) electrons. The van der Waals surface area contributed by atoms with Crippen molar-refractivity contribution in [3.05, 3.63) is 23.8 Å². The Bertz CT molecular complexity index is 567. The minimum Gasteiger partial charge on any atom is -0.486 e. The minimum atomic E-state index is -1.00. The first-order valence-corrected chi connectivity index (χ1v) is 7.07. The number of carboxylic acid groups (broad SMARTS) is 1. The highest BCUT2D eigenvalue weighted by atomic mass is 16.6. The van der Waals surface area contributed by atoms with Gasteiger partial charge in [-0.05, 0) is 24.5 Å². The molecule has 6 heteroatoms. The van der Waals surface area contributed by atoms with E-state index in [1.165, 1.54) is 0 Å². The lowest BCUT2D eigenvalue weighted by atomic mass is 10.1. The molecule has 6 nitrogen and oxygen atoms in total. The van der Waals surface area contributed by atoms with E-state index in [0.29, 0.717) is 42.6 Å². The Labute approximate surface area is 122 Å². The van der Waals surface area contributed by atoms with Crippen LogP contribution in [0.4, 0.5) is 0 Å². The number of fused-ring (bicyclic) bond motifs is 1. The fourth-order valence-electron chi connectivity index (χ4n) is 2.40. The highest BCUT2D eigenvalue weighted by Crippen LogP contribution is 2.35. The maximum absolute atomic E-state index is 12.3. The fourth-order valence-corrected chi connectivity index (χ4v) is 2.40. The summed E-state index contributed by atoms with van der Waals surface area (Å²) >= 11 is 0. The Morgan fingerprint density at radius 2 is 2.05 bits per heavy atom. The standard InChI is InChI=1S/C15H17NO5/c17-14(16-11(15(18)19)8-9-4-5-9)10-2-1-3-12-13(10)21-7-6-20-12/h1-3,9,11H,4-8H2,(H,16,17)(H,18,19). The van der Waals surface area contributed by atoms with Gasteiger partial charge in [-0.15, -0.1) is 0 Å². The molecule has 1 unspecified atom stereocenters. The zero-order valence-electron chi connectivity index (χ0n) is 11.5. The number of carboxylic acids is 1. The number of hydrogen-bond acceptors (Lipinski definition) is 4. The van der Waals surface area contributed by atoms with Crippen LogP contribution < -0.4 is 14.8 Å². The molecule has 1 saturated carbocycles. The van der Waals surface area contributed by atoms with E-state index in [2.05, 4.69) is 5.32 Å². The maximum Gasteiger partial charge on any atom is 0.326 e. The van der Waals surface area contributed by atoms with Crippen molar-refractivity contribution in [2.45, 2.75) is 25.3 Å². The van der Waals surface area contributed by atoms with Gasteiger partial charge in [-0.1, -0.05) is 18.9 Å². The Hall–Kier alpha value is -2.24. The minimum absolute atomic E-state index is 0.314. The van der Waals surface area contributed by atoms with Gasteiger partial charge in [0.15, 0.2) is 11.5 Å². The van der Waals surface area contributed by atoms with Crippen molar-refractivity contribution in [1.82, 2.24) is 5.32 Å². The van der Waals surface area contributed by atoms with Crippen molar-refractivity contribution in [2.75, 3.05) is 13.2 Å². The number of aliphatic carboxylic acids is 1. The number of carbonyl (C=O) groups is 2. The summed E-state index contributed by atoms with van der Waals surface area (Å²) in [6.07, 6.45) is 2.56. The zero-order chi connectivity index (χ0) is 14.8. The van der Waals surface area contributed by atoms with Crippen LogP contribution in [0, 0.1) is 5.92 Å². The van der Waals surface area contributed by atoms with Crippen LogP contribution in [0.2, 0.25) is 0 Å². The highest BCUT2D eigenvalue weighted by molar-refractivity contribution is 5.99. The lowest BCUT2D eigenvalue weighted by molar-refractivity contribution is -0.139. The van der Waals surface area contributed by atoms with Crippen molar-refractivity contribution in [1.29, 1.82) is 0 Å². The average Bonchev–Trinajstić information content (AvgIpc) is 3.29. The second-order valence-corrected chi connectivity index (χ2v) is 5.37. The van der Waals surface area contributed by atoms with Gasteiger partial charge in [0.05, 0.1) is 5.56 Å². The molecule has 1 fully saturated rings. The van der Waals surface area contributed by atoms with Gasteiger partial charge in [-0.3, -0.25) is 4.79 Å². The second-order valence-electron chi connectivity index (χ2n) is 5.37. The van der Waals surface area contributed by atoms with Crippen LogP contribution in [0.15, 0.2) is 18.2 Å². The number of nitrogens with one attached hydrogen (secondary N) is 1. The molecular weight excluding hydrogens is 274 g/mol. The third kappa shape index (κ3) is 3.09. The lowest BCUT2D eigenvalue weighted by Crippen LogP contribution is -2.41. The normalized spacial score (nSPS) is 17.9. The molecule has 21 heavy (non-hydrogen) atoms. The number of amides is 1. The van der Waals surface area contributed by atoms with Crippen LogP contribution in [-0.2, 0) is 4.79 Å². The third-order valence-corrected chi connectivity index (χ3v) is 3.68. The Morgan fingerprint density at radius 3 is 2.76 bits per heavy atom. The van der Waals surface area contributed by atoms with Gasteiger partial charge >= 0.3 is 5.97 Å². The molecule has 1 aromatic carbocycles. The third-order valence-electron chi connectivity index (χ3n) is 3.68. The molecule has 1 aliphatic carbocycles. The predicted octanol–water partition coefficient (Wildman–Crippen LogP) is 1.44. The number of carbonyl (C=O) groups excluding carboxylic acids is 1. The van der Waals surface area contributed by atoms with Crippen LogP contribution in [-0.4, -0.2) is 36.2 Å². The topological polar surface area (TPSA) is 84.9 Å². The number of para-hydroxylation sites is 1. The largest absolute Gasteiger partial charge is 0.486 e. The summed E-state index contributed by atoms with van der Waals surface area (Å²) in [6, 6.07) is 4.17. The van der Waals surface area contributed by atoms with Crippen molar-refractivity contribution in [3.63, 3.8) is 0 Å². The zero-order valence-corrected chi connectivity index (χ0v) is 11.5. The fraction of sp³-hybridized carbons (Fsp3) is 0.467. The second kappa shape index (κ2) is 5.63. The molecule has 112 valence electrons. The Morgan fingerprint density at radius 1 is 1.29 bits per heavy atom. The average molecular weight is 291 g/mol. The Balaban J connectivity index is 1.76. The molecular formula is C15H17NO5. The molecule has 0 saturated heterocycles. The summed E-state index contributed by atoms with van der Waals surface area (Å²) in [6.45, 7) is 0.819. The molecule has 2 N–H and O–H groups in total. The lowest BCUT2D eigenvalue weighted by Gasteiger charge is -2.21. The van der Waals surface area contributed by atoms with E-state index < -0.39 is 17.9 Å². The van der Waals surface area contributed by atoms with E-state index in [0.717, 1.165) is 12.8 Å². The summed E-state index contributed by atoms with van der Waals surface area (Å²) in [5.74, 6) is -0.127. The van der Waals surface area contributed by atoms with Gasteiger partial charge in [0.2, 0.25) is 0 Å². The first-order valence-electron chi connectivity index (χ1n) is 7.07. The smallest absolute Gasteiger partial charge is 0.326 e. The summed E-state index contributed by atoms with van der Waals surface area (Å²) in [5.41, 5.74) is 0.314. The van der Waals surface area contributed by atoms with E-state index in [9.17, 15) is 14.7 Å². The quantitative estimate of drug-likeness (QED) is 0.857. The first kappa shape index (κ1) is 13.7. The molecule has 1 aliphatic heterocycles. The molecule has 1 heterocycles. The number of hydrogen-bond donors (Lipinski definition) is 2. The SMILES string of the molecule is O=C(NC(CC1CC1)C(=O)O)c1cccc2c1OCCO2. The molecule has 0 spiro atoms. The molecule has 0 bridgehead atoms. The van der Waals surface area contributed by atoms with Crippen LogP contribution in [0.3, 0.4) is 0 Å². The summed E-state index contributed by atoms with van der Waals surface area (Å²) in [5, 5.41) is 11.8. The molecule has 0 aromatic heterocycles. The molecule has 1 amide bonds. The molecule has 1 aromatic rings. The summed E-state index contributed by atoms with van der Waals surface area (Å²) < 4.78 is 10.9. The van der Waals surface area contributed by atoms with Gasteiger partial charge < -0.3 is 19.9 Å². The van der Waals surface area contributed by atoms with E-state index in [1.807, 2.05) is 0 Å². The van der Waals surface area contributed by atoms with E-state index in [1.54, 1.807) is 18.2 Å². The Kier molecular flexibility index (Phi) is 3.68. The first-order chi connectivity index (χ1) is 10.1.